The summed E-state index contributed by atoms with van der Waals surface area (Å²) in [5.41, 5.74) is 1.06. The van der Waals surface area contributed by atoms with Gasteiger partial charge in [-0.15, -0.1) is 0 Å². The zero-order chi connectivity index (χ0) is 6.85. The van der Waals surface area contributed by atoms with E-state index in [0.717, 1.165) is 15.1 Å². The average Bonchev–Trinajstić information content (AvgIpc) is 1.80. The fraction of sp³-hybridized carbons (Fsp3) is 0.143. The van der Waals surface area contributed by atoms with Crippen LogP contribution in [0.25, 0.3) is 0 Å². The van der Waals surface area contributed by atoms with Gasteiger partial charge in [0.25, 0.3) is 0 Å². The monoisotopic (exact) mass is 203 g/mol. The Kier molecular flexibility index (Phi) is 2.14. The van der Waals surface area contributed by atoms with Crippen molar-refractivity contribution < 1.29 is 0 Å². The van der Waals surface area contributed by atoms with E-state index in [2.05, 4.69) is 22.0 Å². The number of benzene rings is 1. The molecule has 0 N–H and O–H groups in total. The minimum absolute atomic E-state index is 0.778. The predicted octanol–water partition coefficient (Wildman–Crippen LogP) is 3.21. The average molecular weight is 204 g/mol. The molecule has 1 aromatic rings. The summed E-state index contributed by atoms with van der Waals surface area (Å²) in [4.78, 5) is 0. The fourth-order valence-electron chi connectivity index (χ4n) is 0.513. The van der Waals surface area contributed by atoms with Gasteiger partial charge in [0, 0.05) is 9.50 Å². The van der Waals surface area contributed by atoms with Gasteiger partial charge in [-0.05, 0) is 30.7 Å². The zero-order valence-corrected chi connectivity index (χ0v) is 7.25. The largest absolute Gasteiger partial charge is 0.0840 e. The van der Waals surface area contributed by atoms with Gasteiger partial charge in [-0.2, -0.15) is 0 Å². The number of hydrogen-bond acceptors (Lipinski definition) is 0. The molecule has 9 heavy (non-hydrogen) atoms. The minimum atomic E-state index is 0.778. The molecule has 0 aliphatic rings. The van der Waals surface area contributed by atoms with Gasteiger partial charge in [-0.1, -0.05) is 27.5 Å². The van der Waals surface area contributed by atoms with E-state index in [1.165, 1.54) is 0 Å². The van der Waals surface area contributed by atoms with Crippen LogP contribution in [0.15, 0.2) is 16.6 Å². The molecule has 0 fully saturated rings. The van der Waals surface area contributed by atoms with Crippen LogP contribution >= 0.6 is 27.5 Å². The summed E-state index contributed by atoms with van der Waals surface area (Å²) in [6.07, 6.45) is 0. The third kappa shape index (κ3) is 1.70. The fourth-order valence-corrected chi connectivity index (χ4v) is 1.15. The van der Waals surface area contributed by atoms with Crippen molar-refractivity contribution in [1.29, 1.82) is 0 Å². The van der Waals surface area contributed by atoms with Gasteiger partial charge in [0.05, 0.1) is 0 Å². The van der Waals surface area contributed by atoms with E-state index in [1.54, 1.807) is 0 Å². The molecule has 0 saturated carbocycles. The molecule has 2 heteroatoms. The number of hydrogen-bond donors (Lipinski definition) is 0. The van der Waals surface area contributed by atoms with Crippen LogP contribution in [-0.2, 0) is 0 Å². The summed E-state index contributed by atoms with van der Waals surface area (Å²) in [6, 6.07) is 6.66. The molecule has 1 radical (unpaired) electrons. The third-order valence-electron chi connectivity index (χ3n) is 1.06. The lowest BCUT2D eigenvalue weighted by Crippen LogP contribution is -1.72. The Hall–Kier alpha value is -0.0100. The Morgan fingerprint density at radius 1 is 1.67 bits per heavy atom. The number of rotatable bonds is 0. The first-order chi connectivity index (χ1) is 4.20. The van der Waals surface area contributed by atoms with Gasteiger partial charge in [-0.25, -0.2) is 0 Å². The van der Waals surface area contributed by atoms with Crippen LogP contribution in [0, 0.1) is 13.0 Å². The second kappa shape index (κ2) is 2.72. The highest BCUT2D eigenvalue weighted by Crippen LogP contribution is 2.19. The second-order valence-electron chi connectivity index (χ2n) is 1.81. The van der Waals surface area contributed by atoms with Gasteiger partial charge in [0.15, 0.2) is 0 Å². The van der Waals surface area contributed by atoms with Crippen molar-refractivity contribution in [3.63, 3.8) is 0 Å². The molecule has 0 heterocycles. The first-order valence-electron chi connectivity index (χ1n) is 2.53. The van der Waals surface area contributed by atoms with Crippen molar-refractivity contribution in [2.45, 2.75) is 6.92 Å². The van der Waals surface area contributed by atoms with Crippen LogP contribution in [0.1, 0.15) is 5.56 Å². The molecule has 0 amide bonds. The van der Waals surface area contributed by atoms with E-state index in [1.807, 2.05) is 19.1 Å². The van der Waals surface area contributed by atoms with Crippen LogP contribution < -0.4 is 0 Å². The lowest BCUT2D eigenvalue weighted by Gasteiger charge is -1.94. The Balaban J connectivity index is 3.17. The quantitative estimate of drug-likeness (QED) is 0.609. The predicted molar refractivity (Wildman–Crippen MR) is 42.7 cm³/mol. The molecule has 0 saturated heterocycles. The minimum Gasteiger partial charge on any atom is -0.0840 e. The van der Waals surface area contributed by atoms with Crippen LogP contribution in [-0.4, -0.2) is 0 Å². The third-order valence-corrected chi connectivity index (χ3v) is 1.92. The topological polar surface area (TPSA) is 0 Å². The molecule has 1 rings (SSSR count). The van der Waals surface area contributed by atoms with Crippen molar-refractivity contribution in [2.75, 3.05) is 0 Å². The summed E-state index contributed by atoms with van der Waals surface area (Å²) in [5.74, 6) is 0. The summed E-state index contributed by atoms with van der Waals surface area (Å²) < 4.78 is 0.901. The van der Waals surface area contributed by atoms with Crippen molar-refractivity contribution >= 4 is 27.5 Å². The van der Waals surface area contributed by atoms with E-state index in [0.29, 0.717) is 0 Å². The van der Waals surface area contributed by atoms with Crippen LogP contribution in [0.2, 0.25) is 5.02 Å². The van der Waals surface area contributed by atoms with Gasteiger partial charge < -0.3 is 0 Å². The maximum absolute atomic E-state index is 5.76. The highest BCUT2D eigenvalue weighted by atomic mass is 79.9. The summed E-state index contributed by atoms with van der Waals surface area (Å²) in [7, 11) is 0. The molecule has 0 nitrogen and oxygen atoms in total. The van der Waals surface area contributed by atoms with E-state index in [4.69, 9.17) is 11.6 Å². The molecule has 0 bridgehead atoms. The highest BCUT2D eigenvalue weighted by Gasteiger charge is 1.93. The molecule has 1 aromatic carbocycles. The number of halogens is 2. The Morgan fingerprint density at radius 3 is 2.78 bits per heavy atom. The maximum atomic E-state index is 5.76. The maximum Gasteiger partial charge on any atom is 0.0446 e. The van der Waals surface area contributed by atoms with Crippen LogP contribution in [0.4, 0.5) is 0 Å². The van der Waals surface area contributed by atoms with Crippen molar-refractivity contribution in [1.82, 2.24) is 0 Å². The van der Waals surface area contributed by atoms with E-state index >= 15 is 0 Å². The van der Waals surface area contributed by atoms with E-state index in [9.17, 15) is 0 Å². The molecule has 0 spiro atoms. The van der Waals surface area contributed by atoms with Gasteiger partial charge in [0.2, 0.25) is 0 Å². The van der Waals surface area contributed by atoms with Crippen molar-refractivity contribution in [3.05, 3.63) is 33.3 Å². The standard InChI is InChI=1S/C7H5BrCl/c1-5-2-3-6(8)4-7(5)9/h2,4H,1H3. The molecule has 0 aliphatic carbocycles. The Labute approximate surface area is 68.0 Å². The summed E-state index contributed by atoms with van der Waals surface area (Å²) in [6.45, 7) is 1.95. The van der Waals surface area contributed by atoms with E-state index in [-0.39, 0.29) is 0 Å². The molecule has 0 atom stereocenters. The smallest absolute Gasteiger partial charge is 0.0446 e. The summed E-state index contributed by atoms with van der Waals surface area (Å²) >= 11 is 9.02. The first-order valence-corrected chi connectivity index (χ1v) is 3.70. The lowest BCUT2D eigenvalue weighted by molar-refractivity contribution is 1.45. The van der Waals surface area contributed by atoms with Gasteiger partial charge in [0.1, 0.15) is 0 Å². The molecule has 47 valence electrons. The normalized spacial score (nSPS) is 9.67. The highest BCUT2D eigenvalue weighted by molar-refractivity contribution is 9.10. The second-order valence-corrected chi connectivity index (χ2v) is 3.07. The van der Waals surface area contributed by atoms with Gasteiger partial charge >= 0.3 is 0 Å². The lowest BCUT2D eigenvalue weighted by atomic mass is 10.2. The zero-order valence-electron chi connectivity index (χ0n) is 4.91. The van der Waals surface area contributed by atoms with Gasteiger partial charge in [-0.3, -0.25) is 0 Å². The molecular formula is C7H5BrCl. The summed E-state index contributed by atoms with van der Waals surface area (Å²) in [5, 5.41) is 0.778. The number of aryl methyl sites for hydroxylation is 1. The molecule has 0 aromatic heterocycles. The van der Waals surface area contributed by atoms with Crippen molar-refractivity contribution in [2.24, 2.45) is 0 Å². The molecule has 0 aliphatic heterocycles. The SMILES string of the molecule is Cc1c[c]c(Br)cc1Cl. The van der Waals surface area contributed by atoms with Crippen LogP contribution in [0.3, 0.4) is 0 Å². The first kappa shape index (κ1) is 7.10. The van der Waals surface area contributed by atoms with Crippen molar-refractivity contribution in [3.8, 4) is 0 Å². The van der Waals surface area contributed by atoms with Crippen LogP contribution in [0.5, 0.6) is 0 Å². The Bertz CT molecular complexity index is 220. The molecule has 0 unspecified atom stereocenters. The molecular weight excluding hydrogens is 199 g/mol. The Morgan fingerprint density at radius 2 is 2.33 bits per heavy atom. The van der Waals surface area contributed by atoms with E-state index < -0.39 is 0 Å².